The van der Waals surface area contributed by atoms with Crippen molar-refractivity contribution in [3.8, 4) is 5.75 Å². The second-order valence-corrected chi connectivity index (χ2v) is 4.33. The maximum absolute atomic E-state index is 9.23. The Morgan fingerprint density at radius 1 is 1.47 bits per heavy atom. The molecule has 0 amide bonds. The first kappa shape index (κ1) is 10.5. The van der Waals surface area contributed by atoms with Gasteiger partial charge in [-0.1, -0.05) is 6.07 Å². The highest BCUT2D eigenvalue weighted by atomic mass is 16.5. The van der Waals surface area contributed by atoms with Gasteiger partial charge < -0.3 is 15.6 Å². The SMILES string of the molecule is COc1ccc2c(c1)CCC(N)(CO)C2. The molecule has 2 rings (SSSR count). The van der Waals surface area contributed by atoms with Crippen LogP contribution in [0.4, 0.5) is 0 Å². The smallest absolute Gasteiger partial charge is 0.119 e. The second kappa shape index (κ2) is 3.83. The van der Waals surface area contributed by atoms with E-state index in [1.165, 1.54) is 11.1 Å². The van der Waals surface area contributed by atoms with Crippen molar-refractivity contribution in [2.45, 2.75) is 24.8 Å². The topological polar surface area (TPSA) is 55.5 Å². The van der Waals surface area contributed by atoms with Gasteiger partial charge in [-0.3, -0.25) is 0 Å². The maximum atomic E-state index is 9.23. The van der Waals surface area contributed by atoms with Gasteiger partial charge in [0.1, 0.15) is 5.75 Å². The molecule has 1 aromatic rings. The first-order valence-corrected chi connectivity index (χ1v) is 5.22. The van der Waals surface area contributed by atoms with Crippen LogP contribution >= 0.6 is 0 Å². The molecule has 1 aliphatic rings. The summed E-state index contributed by atoms with van der Waals surface area (Å²) in [6.07, 6.45) is 2.51. The van der Waals surface area contributed by atoms with Gasteiger partial charge in [-0.2, -0.15) is 0 Å². The third kappa shape index (κ3) is 1.98. The van der Waals surface area contributed by atoms with Gasteiger partial charge in [0.05, 0.1) is 13.7 Å². The van der Waals surface area contributed by atoms with Crippen molar-refractivity contribution in [2.24, 2.45) is 5.73 Å². The predicted octanol–water partition coefficient (Wildman–Crippen LogP) is 0.874. The first-order valence-electron chi connectivity index (χ1n) is 5.22. The molecule has 0 fully saturated rings. The van der Waals surface area contributed by atoms with E-state index in [-0.39, 0.29) is 6.61 Å². The standard InChI is InChI=1S/C12H17NO2/c1-15-11-3-2-10-7-12(13,8-14)5-4-9(10)6-11/h2-3,6,14H,4-5,7-8,13H2,1H3. The van der Waals surface area contributed by atoms with Gasteiger partial charge in [0, 0.05) is 5.54 Å². The quantitative estimate of drug-likeness (QED) is 0.756. The Morgan fingerprint density at radius 2 is 2.27 bits per heavy atom. The normalized spacial score (nSPS) is 24.7. The Hall–Kier alpha value is -1.06. The molecular weight excluding hydrogens is 190 g/mol. The summed E-state index contributed by atoms with van der Waals surface area (Å²) in [7, 11) is 1.67. The van der Waals surface area contributed by atoms with E-state index in [1.807, 2.05) is 12.1 Å². The van der Waals surface area contributed by atoms with E-state index in [4.69, 9.17) is 10.5 Å². The second-order valence-electron chi connectivity index (χ2n) is 4.33. The molecule has 3 heteroatoms. The van der Waals surface area contributed by atoms with E-state index in [9.17, 15) is 5.11 Å². The molecule has 82 valence electrons. The largest absolute Gasteiger partial charge is 0.497 e. The number of methoxy groups -OCH3 is 1. The number of aliphatic hydroxyl groups excluding tert-OH is 1. The van der Waals surface area contributed by atoms with Crippen LogP contribution in [0.2, 0.25) is 0 Å². The Balaban J connectivity index is 2.28. The molecule has 0 heterocycles. The fourth-order valence-corrected chi connectivity index (χ4v) is 2.12. The Kier molecular flexibility index (Phi) is 2.67. The van der Waals surface area contributed by atoms with Crippen LogP contribution in [0.15, 0.2) is 18.2 Å². The third-order valence-electron chi connectivity index (χ3n) is 3.16. The van der Waals surface area contributed by atoms with E-state index in [1.54, 1.807) is 7.11 Å². The highest BCUT2D eigenvalue weighted by Crippen LogP contribution is 2.29. The average Bonchev–Trinajstić information content (AvgIpc) is 2.28. The summed E-state index contributed by atoms with van der Waals surface area (Å²) < 4.78 is 5.18. The zero-order chi connectivity index (χ0) is 10.9. The van der Waals surface area contributed by atoms with Gasteiger partial charge >= 0.3 is 0 Å². The molecular formula is C12H17NO2. The molecule has 0 spiro atoms. The number of hydrogen-bond acceptors (Lipinski definition) is 3. The molecule has 3 N–H and O–H groups in total. The van der Waals surface area contributed by atoms with E-state index < -0.39 is 5.54 Å². The number of ether oxygens (including phenoxy) is 1. The summed E-state index contributed by atoms with van der Waals surface area (Å²) in [4.78, 5) is 0. The lowest BCUT2D eigenvalue weighted by molar-refractivity contribution is 0.181. The molecule has 0 radical (unpaired) electrons. The summed E-state index contributed by atoms with van der Waals surface area (Å²) >= 11 is 0. The molecule has 3 nitrogen and oxygen atoms in total. The summed E-state index contributed by atoms with van der Waals surface area (Å²) in [5, 5.41) is 9.23. The minimum atomic E-state index is -0.429. The number of aliphatic hydroxyl groups is 1. The molecule has 1 aromatic carbocycles. The van der Waals surface area contributed by atoms with Crippen LogP contribution < -0.4 is 10.5 Å². The lowest BCUT2D eigenvalue weighted by Gasteiger charge is -2.33. The Morgan fingerprint density at radius 3 is 2.93 bits per heavy atom. The highest BCUT2D eigenvalue weighted by Gasteiger charge is 2.29. The van der Waals surface area contributed by atoms with Crippen molar-refractivity contribution in [2.75, 3.05) is 13.7 Å². The minimum Gasteiger partial charge on any atom is -0.497 e. The van der Waals surface area contributed by atoms with E-state index in [2.05, 4.69) is 6.07 Å². The summed E-state index contributed by atoms with van der Waals surface area (Å²) in [6, 6.07) is 6.05. The molecule has 1 unspecified atom stereocenters. The Labute approximate surface area is 89.9 Å². The molecule has 1 atom stereocenters. The molecule has 0 bridgehead atoms. The number of benzene rings is 1. The lowest BCUT2D eigenvalue weighted by Crippen LogP contribution is -2.48. The Bertz CT molecular complexity index is 365. The highest BCUT2D eigenvalue weighted by molar-refractivity contribution is 5.38. The van der Waals surface area contributed by atoms with Crippen LogP contribution in [0.5, 0.6) is 5.75 Å². The number of nitrogens with two attached hydrogens (primary N) is 1. The number of rotatable bonds is 2. The van der Waals surface area contributed by atoms with Crippen molar-refractivity contribution >= 4 is 0 Å². The van der Waals surface area contributed by atoms with Crippen LogP contribution in [0.3, 0.4) is 0 Å². The zero-order valence-corrected chi connectivity index (χ0v) is 8.99. The van der Waals surface area contributed by atoms with Crippen molar-refractivity contribution in [3.05, 3.63) is 29.3 Å². The van der Waals surface area contributed by atoms with Crippen LogP contribution in [0.25, 0.3) is 0 Å². The fraction of sp³-hybridized carbons (Fsp3) is 0.500. The lowest BCUT2D eigenvalue weighted by atomic mass is 9.79. The van der Waals surface area contributed by atoms with Crippen LogP contribution in [-0.2, 0) is 12.8 Å². The van der Waals surface area contributed by atoms with Crippen molar-refractivity contribution in [3.63, 3.8) is 0 Å². The van der Waals surface area contributed by atoms with Gasteiger partial charge in [-0.05, 0) is 42.5 Å². The van der Waals surface area contributed by atoms with Gasteiger partial charge in [0.2, 0.25) is 0 Å². The molecule has 15 heavy (non-hydrogen) atoms. The van der Waals surface area contributed by atoms with Crippen LogP contribution in [-0.4, -0.2) is 24.4 Å². The van der Waals surface area contributed by atoms with Crippen LogP contribution in [0, 0.1) is 0 Å². The zero-order valence-electron chi connectivity index (χ0n) is 8.99. The number of hydrogen-bond donors (Lipinski definition) is 2. The summed E-state index contributed by atoms with van der Waals surface area (Å²) in [5.41, 5.74) is 8.16. The van der Waals surface area contributed by atoms with E-state index >= 15 is 0 Å². The predicted molar refractivity (Wildman–Crippen MR) is 59.0 cm³/mol. The van der Waals surface area contributed by atoms with Crippen molar-refractivity contribution in [1.29, 1.82) is 0 Å². The van der Waals surface area contributed by atoms with Gasteiger partial charge in [0.25, 0.3) is 0 Å². The molecule has 0 saturated heterocycles. The monoisotopic (exact) mass is 207 g/mol. The fourth-order valence-electron chi connectivity index (χ4n) is 2.12. The van der Waals surface area contributed by atoms with E-state index in [0.29, 0.717) is 0 Å². The van der Waals surface area contributed by atoms with Crippen molar-refractivity contribution < 1.29 is 9.84 Å². The minimum absolute atomic E-state index is 0.0540. The third-order valence-corrected chi connectivity index (χ3v) is 3.16. The molecule has 0 aliphatic heterocycles. The van der Waals surface area contributed by atoms with Gasteiger partial charge in [-0.25, -0.2) is 0 Å². The van der Waals surface area contributed by atoms with Crippen molar-refractivity contribution in [1.82, 2.24) is 0 Å². The van der Waals surface area contributed by atoms with Gasteiger partial charge in [0.15, 0.2) is 0 Å². The molecule has 0 saturated carbocycles. The summed E-state index contributed by atoms with van der Waals surface area (Å²) in [6.45, 7) is 0.0540. The number of aryl methyl sites for hydroxylation is 1. The molecule has 0 aromatic heterocycles. The first-order chi connectivity index (χ1) is 7.17. The van der Waals surface area contributed by atoms with E-state index in [0.717, 1.165) is 25.0 Å². The maximum Gasteiger partial charge on any atom is 0.119 e. The van der Waals surface area contributed by atoms with Crippen LogP contribution in [0.1, 0.15) is 17.5 Å². The number of fused-ring (bicyclic) bond motifs is 1. The summed E-state index contributed by atoms with van der Waals surface area (Å²) in [5.74, 6) is 0.891. The average molecular weight is 207 g/mol. The van der Waals surface area contributed by atoms with Gasteiger partial charge in [-0.15, -0.1) is 0 Å². The molecule has 1 aliphatic carbocycles.